The number of rotatable bonds is 6. The lowest BCUT2D eigenvalue weighted by Gasteiger charge is -2.06. The number of hydrogen-bond acceptors (Lipinski definition) is 5. The summed E-state index contributed by atoms with van der Waals surface area (Å²) < 4.78 is 26.5. The van der Waals surface area contributed by atoms with E-state index in [0.717, 1.165) is 6.54 Å². The van der Waals surface area contributed by atoms with Gasteiger partial charge in [0.25, 0.3) is 0 Å². The first-order chi connectivity index (χ1) is 9.12. The second-order valence-electron chi connectivity index (χ2n) is 3.81. The number of sulfonamides is 1. The molecule has 0 atom stereocenters. The molecule has 0 saturated carbocycles. The van der Waals surface area contributed by atoms with Crippen LogP contribution in [0.1, 0.15) is 12.6 Å². The molecule has 8 heteroatoms. The van der Waals surface area contributed by atoms with Crippen molar-refractivity contribution in [3.63, 3.8) is 0 Å². The van der Waals surface area contributed by atoms with E-state index in [0.29, 0.717) is 11.5 Å². The Balaban J connectivity index is 2.06. The van der Waals surface area contributed by atoms with Gasteiger partial charge < -0.3 is 10.3 Å². The van der Waals surface area contributed by atoms with Gasteiger partial charge in [0.05, 0.1) is 12.9 Å². The number of H-pyrrole nitrogens is 1. The van der Waals surface area contributed by atoms with Gasteiger partial charge in [-0.3, -0.25) is 0 Å². The number of anilines is 1. The van der Waals surface area contributed by atoms with E-state index >= 15 is 0 Å². The molecule has 3 N–H and O–H groups in total. The third-order valence-electron chi connectivity index (χ3n) is 2.41. The van der Waals surface area contributed by atoms with E-state index in [1.807, 2.05) is 6.92 Å². The molecule has 0 bridgehead atoms. The van der Waals surface area contributed by atoms with Crippen LogP contribution >= 0.6 is 0 Å². The maximum Gasteiger partial charge on any atom is 0.242 e. The zero-order valence-corrected chi connectivity index (χ0v) is 11.2. The zero-order valence-electron chi connectivity index (χ0n) is 10.4. The third kappa shape index (κ3) is 3.52. The van der Waals surface area contributed by atoms with E-state index in [2.05, 4.69) is 25.0 Å². The average Bonchev–Trinajstić information content (AvgIpc) is 2.91. The van der Waals surface area contributed by atoms with Crippen molar-refractivity contribution in [3.8, 4) is 0 Å². The van der Waals surface area contributed by atoms with Crippen molar-refractivity contribution in [2.75, 3.05) is 11.9 Å². The van der Waals surface area contributed by atoms with Gasteiger partial charge in [0.1, 0.15) is 10.7 Å². The molecule has 2 aromatic rings. The van der Waals surface area contributed by atoms with Crippen LogP contribution in [-0.4, -0.2) is 29.9 Å². The topological polar surface area (TPSA) is 99.8 Å². The standard InChI is InChI=1S/C11H15N5O2S/c1-2-13-11-4-3-10(7-14-11)19(17,18)16-6-9-5-12-8-15-9/h3-5,7-8,16H,2,6H2,1H3,(H,12,15)(H,13,14). The van der Waals surface area contributed by atoms with Gasteiger partial charge in [-0.2, -0.15) is 0 Å². The van der Waals surface area contributed by atoms with Crippen LogP contribution in [0.15, 0.2) is 35.7 Å². The Morgan fingerprint density at radius 2 is 2.16 bits per heavy atom. The van der Waals surface area contributed by atoms with Crippen molar-refractivity contribution < 1.29 is 8.42 Å². The summed E-state index contributed by atoms with van der Waals surface area (Å²) in [6.45, 7) is 2.84. The molecule has 0 fully saturated rings. The highest BCUT2D eigenvalue weighted by Gasteiger charge is 2.14. The van der Waals surface area contributed by atoms with Crippen LogP contribution in [0.3, 0.4) is 0 Å². The van der Waals surface area contributed by atoms with Crippen molar-refractivity contribution in [2.24, 2.45) is 0 Å². The summed E-state index contributed by atoms with van der Waals surface area (Å²) in [4.78, 5) is 10.8. The van der Waals surface area contributed by atoms with Crippen LogP contribution < -0.4 is 10.0 Å². The lowest BCUT2D eigenvalue weighted by atomic mass is 10.4. The normalized spacial score (nSPS) is 11.4. The zero-order chi connectivity index (χ0) is 13.7. The quantitative estimate of drug-likeness (QED) is 0.724. The Kier molecular flexibility index (Phi) is 4.13. The minimum absolute atomic E-state index is 0.133. The summed E-state index contributed by atoms with van der Waals surface area (Å²) in [7, 11) is -3.56. The largest absolute Gasteiger partial charge is 0.370 e. The molecule has 2 rings (SSSR count). The maximum absolute atomic E-state index is 12.0. The fourth-order valence-corrected chi connectivity index (χ4v) is 2.41. The van der Waals surface area contributed by atoms with Crippen LogP contribution in [0, 0.1) is 0 Å². The maximum atomic E-state index is 12.0. The van der Waals surface area contributed by atoms with Crippen LogP contribution in [0.2, 0.25) is 0 Å². The first kappa shape index (κ1) is 13.5. The Morgan fingerprint density at radius 3 is 2.74 bits per heavy atom. The van der Waals surface area contributed by atoms with Crippen molar-refractivity contribution in [2.45, 2.75) is 18.4 Å². The lowest BCUT2D eigenvalue weighted by Crippen LogP contribution is -2.23. The third-order valence-corrected chi connectivity index (χ3v) is 3.80. The molecule has 0 radical (unpaired) electrons. The molecule has 2 heterocycles. The average molecular weight is 281 g/mol. The van der Waals surface area contributed by atoms with Crippen molar-refractivity contribution in [1.82, 2.24) is 19.7 Å². The lowest BCUT2D eigenvalue weighted by molar-refractivity contribution is 0.580. The summed E-state index contributed by atoms with van der Waals surface area (Å²) in [6.07, 6.45) is 4.39. The van der Waals surface area contributed by atoms with Crippen LogP contribution in [0.25, 0.3) is 0 Å². The molecule has 102 valence electrons. The van der Waals surface area contributed by atoms with Gasteiger partial charge in [-0.25, -0.2) is 23.1 Å². The molecule has 0 aliphatic heterocycles. The van der Waals surface area contributed by atoms with Crippen LogP contribution in [-0.2, 0) is 16.6 Å². The molecule has 0 saturated heterocycles. The molecular formula is C11H15N5O2S. The Hall–Kier alpha value is -1.93. The van der Waals surface area contributed by atoms with Crippen LogP contribution in [0.5, 0.6) is 0 Å². The SMILES string of the molecule is CCNc1ccc(S(=O)(=O)NCc2cnc[nH]2)cn1. The molecule has 0 aliphatic carbocycles. The summed E-state index contributed by atoms with van der Waals surface area (Å²) in [5.41, 5.74) is 0.695. The minimum atomic E-state index is -3.56. The predicted molar refractivity (Wildman–Crippen MR) is 71.0 cm³/mol. The first-order valence-electron chi connectivity index (χ1n) is 5.78. The molecule has 2 aromatic heterocycles. The number of hydrogen-bond donors (Lipinski definition) is 3. The number of aromatic nitrogens is 3. The molecule has 19 heavy (non-hydrogen) atoms. The molecule has 0 aliphatic rings. The van der Waals surface area contributed by atoms with Gasteiger partial charge in [0.15, 0.2) is 0 Å². The Labute approximate surface area is 111 Å². The van der Waals surface area contributed by atoms with Crippen molar-refractivity contribution in [3.05, 3.63) is 36.5 Å². The molecule has 0 spiro atoms. The van der Waals surface area contributed by atoms with Gasteiger partial charge in [0.2, 0.25) is 10.0 Å². The highest BCUT2D eigenvalue weighted by molar-refractivity contribution is 7.89. The summed E-state index contributed by atoms with van der Waals surface area (Å²) in [6, 6.07) is 3.15. The fraction of sp³-hybridized carbons (Fsp3) is 0.273. The van der Waals surface area contributed by atoms with E-state index in [9.17, 15) is 8.42 Å². The van der Waals surface area contributed by atoms with E-state index < -0.39 is 10.0 Å². The second kappa shape index (κ2) is 5.81. The monoisotopic (exact) mass is 281 g/mol. The summed E-state index contributed by atoms with van der Waals surface area (Å²) in [5.74, 6) is 0.648. The minimum Gasteiger partial charge on any atom is -0.370 e. The first-order valence-corrected chi connectivity index (χ1v) is 7.27. The molecule has 0 aromatic carbocycles. The summed E-state index contributed by atoms with van der Waals surface area (Å²) in [5, 5.41) is 3.00. The molecule has 0 amide bonds. The highest BCUT2D eigenvalue weighted by atomic mass is 32.2. The number of nitrogens with one attached hydrogen (secondary N) is 3. The second-order valence-corrected chi connectivity index (χ2v) is 5.58. The predicted octanol–water partition coefficient (Wildman–Crippen LogP) is 0.715. The molecular weight excluding hydrogens is 266 g/mol. The van der Waals surface area contributed by atoms with Crippen molar-refractivity contribution in [1.29, 1.82) is 0 Å². The smallest absolute Gasteiger partial charge is 0.242 e. The van der Waals surface area contributed by atoms with E-state index in [1.54, 1.807) is 12.3 Å². The molecule has 7 nitrogen and oxygen atoms in total. The number of imidazole rings is 1. The van der Waals surface area contributed by atoms with Gasteiger partial charge in [-0.1, -0.05) is 0 Å². The van der Waals surface area contributed by atoms with Crippen molar-refractivity contribution >= 4 is 15.8 Å². The molecule has 0 unspecified atom stereocenters. The van der Waals surface area contributed by atoms with Gasteiger partial charge in [0, 0.05) is 24.6 Å². The number of pyridine rings is 1. The van der Waals surface area contributed by atoms with E-state index in [1.165, 1.54) is 18.6 Å². The Bertz CT molecular complexity index is 607. The summed E-state index contributed by atoms with van der Waals surface area (Å²) >= 11 is 0. The van der Waals surface area contributed by atoms with E-state index in [4.69, 9.17) is 0 Å². The highest BCUT2D eigenvalue weighted by Crippen LogP contribution is 2.10. The number of aromatic amines is 1. The fourth-order valence-electron chi connectivity index (χ4n) is 1.46. The van der Waals surface area contributed by atoms with Gasteiger partial charge >= 0.3 is 0 Å². The van der Waals surface area contributed by atoms with Gasteiger partial charge in [-0.15, -0.1) is 0 Å². The van der Waals surface area contributed by atoms with Gasteiger partial charge in [-0.05, 0) is 19.1 Å². The number of nitrogens with zero attached hydrogens (tertiary/aromatic N) is 2. The van der Waals surface area contributed by atoms with Crippen LogP contribution in [0.4, 0.5) is 5.82 Å². The Morgan fingerprint density at radius 1 is 1.32 bits per heavy atom. The van der Waals surface area contributed by atoms with E-state index in [-0.39, 0.29) is 11.4 Å².